The minimum absolute atomic E-state index is 0.00505. The molecule has 2 unspecified atom stereocenters. The number of likely N-dealkylation sites (N-methyl/N-ethyl adjacent to an activating group) is 1. The van der Waals surface area contributed by atoms with Gasteiger partial charge in [-0.25, -0.2) is 0 Å². The lowest BCUT2D eigenvalue weighted by atomic mass is 9.48. The van der Waals surface area contributed by atoms with E-state index in [4.69, 9.17) is 4.74 Å². The number of Topliss-reactive ketones (excluding diaryl/α,β-unsaturated/α-hetero) is 1. The first-order valence-corrected chi connectivity index (χ1v) is 8.06. The molecule has 2 aliphatic heterocycles. The second kappa shape index (κ2) is 3.88. The molecule has 1 saturated heterocycles. The Morgan fingerprint density at radius 2 is 2.13 bits per heavy atom. The molecule has 0 amide bonds. The Labute approximate surface area is 133 Å². The van der Waals surface area contributed by atoms with Crippen LogP contribution in [-0.2, 0) is 16.6 Å². The van der Waals surface area contributed by atoms with Gasteiger partial charge in [0.25, 0.3) is 0 Å². The first kappa shape index (κ1) is 13.8. The minimum Gasteiger partial charge on any atom is -0.504 e. The van der Waals surface area contributed by atoms with Crippen LogP contribution < -0.4 is 4.74 Å². The molecule has 3 N–H and O–H groups in total. The number of carbonyl (C=O) groups is 1. The van der Waals surface area contributed by atoms with Gasteiger partial charge < -0.3 is 25.0 Å². The number of nitrogens with zero attached hydrogens (tertiary/aromatic N) is 1. The molecule has 6 nitrogen and oxygen atoms in total. The molecule has 2 heterocycles. The normalized spacial score (nSPS) is 44.0. The molecule has 122 valence electrons. The van der Waals surface area contributed by atoms with E-state index >= 15 is 0 Å². The quantitative estimate of drug-likeness (QED) is 0.609. The van der Waals surface area contributed by atoms with Crippen molar-refractivity contribution in [2.24, 2.45) is 0 Å². The van der Waals surface area contributed by atoms with Crippen molar-refractivity contribution >= 4 is 5.78 Å². The molecule has 2 bridgehead atoms. The lowest BCUT2D eigenvalue weighted by molar-refractivity contribution is -0.226. The predicted molar refractivity (Wildman–Crippen MR) is 79.5 cm³/mol. The van der Waals surface area contributed by atoms with Gasteiger partial charge in [0.1, 0.15) is 5.60 Å². The van der Waals surface area contributed by atoms with Crippen LogP contribution in [0.1, 0.15) is 24.0 Å². The van der Waals surface area contributed by atoms with Crippen molar-refractivity contribution in [3.63, 3.8) is 0 Å². The number of hydrogen-bond donors (Lipinski definition) is 3. The number of ketones is 1. The van der Waals surface area contributed by atoms with Gasteiger partial charge in [-0.1, -0.05) is 6.07 Å². The summed E-state index contributed by atoms with van der Waals surface area (Å²) in [4.78, 5) is 14.6. The third-order valence-corrected chi connectivity index (χ3v) is 6.57. The average Bonchev–Trinajstić information content (AvgIpc) is 2.86. The number of piperidine rings is 1. The van der Waals surface area contributed by atoms with Crippen LogP contribution in [-0.4, -0.2) is 63.4 Å². The van der Waals surface area contributed by atoms with Crippen LogP contribution in [0.15, 0.2) is 12.1 Å². The number of phenolic OH excluding ortho intramolecular Hbond substituents is 1. The predicted octanol–water partition coefficient (Wildman–Crippen LogP) is -0.284. The molecule has 0 aromatic heterocycles. The Hall–Kier alpha value is -1.63. The monoisotopic (exact) mass is 317 g/mol. The maximum atomic E-state index is 12.6. The van der Waals surface area contributed by atoms with E-state index < -0.39 is 23.2 Å². The number of aromatic hydroxyl groups is 1. The smallest absolute Gasteiger partial charge is 0.177 e. The summed E-state index contributed by atoms with van der Waals surface area (Å²) in [6.45, 7) is 0.710. The van der Waals surface area contributed by atoms with Crippen molar-refractivity contribution in [1.29, 1.82) is 0 Å². The van der Waals surface area contributed by atoms with E-state index in [9.17, 15) is 20.1 Å². The van der Waals surface area contributed by atoms with E-state index in [1.54, 1.807) is 6.07 Å². The average molecular weight is 317 g/mol. The summed E-state index contributed by atoms with van der Waals surface area (Å²) in [6, 6.07) is 3.16. The van der Waals surface area contributed by atoms with Gasteiger partial charge in [-0.3, -0.25) is 4.79 Å². The van der Waals surface area contributed by atoms with Crippen molar-refractivity contribution in [2.75, 3.05) is 13.6 Å². The highest BCUT2D eigenvalue weighted by Gasteiger charge is 2.75. The van der Waals surface area contributed by atoms with E-state index in [1.807, 2.05) is 13.1 Å². The summed E-state index contributed by atoms with van der Waals surface area (Å²) in [6.07, 6.45) is -0.970. The van der Waals surface area contributed by atoms with Crippen molar-refractivity contribution in [3.8, 4) is 11.5 Å². The number of carbonyl (C=O) groups excluding carboxylic acids is 1. The SMILES string of the molecule is CN1CCC23c4c5ccc(O)c4O[C@H]2C(=O)CC(O)[C@@]3(O)[C@H]1C5. The molecule has 1 spiro atoms. The standard InChI is InChI=1S/C17H19NO5/c1-18-5-4-16-13-8-2-3-9(19)14(13)23-15(16)10(20)7-12(21)17(16,22)11(18)6-8/h2-3,11-12,15,19,21-22H,4-7H2,1H3/t11-,12?,15+,16?,17+/m1/s1. The molecule has 1 aromatic carbocycles. The number of aliphatic hydroxyl groups is 2. The topological polar surface area (TPSA) is 90.2 Å². The Kier molecular flexibility index (Phi) is 2.33. The Morgan fingerprint density at radius 3 is 2.91 bits per heavy atom. The zero-order chi connectivity index (χ0) is 16.1. The van der Waals surface area contributed by atoms with Gasteiger partial charge in [0.15, 0.2) is 23.4 Å². The zero-order valence-electron chi connectivity index (χ0n) is 12.8. The van der Waals surface area contributed by atoms with Crippen LogP contribution in [0.4, 0.5) is 0 Å². The van der Waals surface area contributed by atoms with Crippen molar-refractivity contribution in [2.45, 2.75) is 48.5 Å². The summed E-state index contributed by atoms with van der Waals surface area (Å²) < 4.78 is 5.88. The van der Waals surface area contributed by atoms with Crippen molar-refractivity contribution in [1.82, 2.24) is 4.90 Å². The molecule has 6 heteroatoms. The molecule has 5 atom stereocenters. The number of likely N-dealkylation sites (tertiary alicyclic amines) is 1. The number of hydrogen-bond acceptors (Lipinski definition) is 6. The van der Waals surface area contributed by atoms with Crippen LogP contribution >= 0.6 is 0 Å². The fraction of sp³-hybridized carbons (Fsp3) is 0.588. The third kappa shape index (κ3) is 1.24. The van der Waals surface area contributed by atoms with Crippen LogP contribution in [0.3, 0.4) is 0 Å². The van der Waals surface area contributed by atoms with E-state index in [2.05, 4.69) is 4.90 Å². The Bertz CT molecular complexity index is 749. The fourth-order valence-electron chi connectivity index (χ4n) is 5.58. The van der Waals surface area contributed by atoms with Gasteiger partial charge in [0, 0.05) is 18.0 Å². The summed E-state index contributed by atoms with van der Waals surface area (Å²) in [5.41, 5.74) is -0.671. The van der Waals surface area contributed by atoms with Gasteiger partial charge in [0.05, 0.1) is 11.5 Å². The van der Waals surface area contributed by atoms with E-state index in [-0.39, 0.29) is 24.0 Å². The molecule has 2 aliphatic carbocycles. The fourth-order valence-corrected chi connectivity index (χ4v) is 5.58. The molecule has 1 saturated carbocycles. The van der Waals surface area contributed by atoms with Crippen LogP contribution in [0.5, 0.6) is 11.5 Å². The van der Waals surface area contributed by atoms with Crippen LogP contribution in [0, 0.1) is 0 Å². The maximum absolute atomic E-state index is 12.6. The number of benzene rings is 1. The highest BCUT2D eigenvalue weighted by atomic mass is 16.5. The first-order valence-electron chi connectivity index (χ1n) is 8.06. The molecule has 5 rings (SSSR count). The molecular formula is C17H19NO5. The minimum atomic E-state index is -1.44. The summed E-state index contributed by atoms with van der Waals surface area (Å²) in [7, 11) is 1.94. The summed E-state index contributed by atoms with van der Waals surface area (Å²) in [5, 5.41) is 32.5. The lowest BCUT2D eigenvalue weighted by Gasteiger charge is -2.63. The van der Waals surface area contributed by atoms with Gasteiger partial charge in [-0.2, -0.15) is 0 Å². The van der Waals surface area contributed by atoms with Crippen molar-refractivity contribution in [3.05, 3.63) is 23.3 Å². The lowest BCUT2D eigenvalue weighted by Crippen LogP contribution is -2.80. The number of ether oxygens (including phenoxy) is 1. The molecule has 1 aromatic rings. The van der Waals surface area contributed by atoms with Crippen LogP contribution in [0.25, 0.3) is 0 Å². The van der Waals surface area contributed by atoms with Gasteiger partial charge in [-0.05, 0) is 38.1 Å². The van der Waals surface area contributed by atoms with E-state index in [0.717, 1.165) is 11.1 Å². The summed E-state index contributed by atoms with van der Waals surface area (Å²) >= 11 is 0. The third-order valence-electron chi connectivity index (χ3n) is 6.57. The maximum Gasteiger partial charge on any atom is 0.177 e. The first-order chi connectivity index (χ1) is 10.9. The molecular weight excluding hydrogens is 298 g/mol. The highest BCUT2D eigenvalue weighted by Crippen LogP contribution is 2.64. The van der Waals surface area contributed by atoms with Gasteiger partial charge in [-0.15, -0.1) is 0 Å². The van der Waals surface area contributed by atoms with Crippen LogP contribution in [0.2, 0.25) is 0 Å². The second-order valence-electron chi connectivity index (χ2n) is 7.38. The second-order valence-corrected chi connectivity index (χ2v) is 7.38. The van der Waals surface area contributed by atoms with E-state index in [1.165, 1.54) is 0 Å². The zero-order valence-corrected chi connectivity index (χ0v) is 12.8. The number of aliphatic hydroxyl groups excluding tert-OH is 1. The van der Waals surface area contributed by atoms with Gasteiger partial charge >= 0.3 is 0 Å². The Balaban J connectivity index is 1.89. The molecule has 2 fully saturated rings. The largest absolute Gasteiger partial charge is 0.504 e. The molecule has 0 radical (unpaired) electrons. The Morgan fingerprint density at radius 1 is 1.35 bits per heavy atom. The molecule has 23 heavy (non-hydrogen) atoms. The summed E-state index contributed by atoms with van der Waals surface area (Å²) in [5.74, 6) is 0.111. The molecule has 4 aliphatic rings. The van der Waals surface area contributed by atoms with Crippen molar-refractivity contribution < 1.29 is 24.9 Å². The van der Waals surface area contributed by atoms with E-state index in [0.29, 0.717) is 25.1 Å². The van der Waals surface area contributed by atoms with Gasteiger partial charge in [0.2, 0.25) is 0 Å². The highest BCUT2D eigenvalue weighted by molar-refractivity contribution is 5.90. The number of rotatable bonds is 0. The number of phenols is 1.